The maximum atomic E-state index is 12.7. The Balaban J connectivity index is 1.18. The van der Waals surface area contributed by atoms with Crippen molar-refractivity contribution >= 4 is 11.9 Å². The van der Waals surface area contributed by atoms with E-state index in [-0.39, 0.29) is 34.7 Å². The monoisotopic (exact) mass is 470 g/mol. The normalized spacial score (nSPS) is 50.1. The fraction of sp³-hybridized carbons (Fsp3) is 0.857. The predicted octanol–water partition coefficient (Wildman–Crippen LogP) is 3.48. The lowest BCUT2D eigenvalue weighted by atomic mass is 9.43. The second-order valence-electron chi connectivity index (χ2n) is 12.9. The van der Waals surface area contributed by atoms with Crippen molar-refractivity contribution in [3.05, 3.63) is 11.6 Å². The topological polar surface area (TPSA) is 87.7 Å². The van der Waals surface area contributed by atoms with Crippen molar-refractivity contribution < 1.29 is 19.4 Å². The maximum absolute atomic E-state index is 12.7. The number of rotatable bonds is 3. The number of cyclic esters (lactones) is 1. The van der Waals surface area contributed by atoms with E-state index in [0.717, 1.165) is 82.7 Å². The van der Waals surface area contributed by atoms with Crippen molar-refractivity contribution in [1.82, 2.24) is 10.6 Å². The van der Waals surface area contributed by atoms with Crippen LogP contribution in [0.15, 0.2) is 11.6 Å². The number of hydrogen-bond acceptors (Lipinski definition) is 5. The van der Waals surface area contributed by atoms with Crippen molar-refractivity contribution in [2.75, 3.05) is 13.2 Å². The number of amides is 1. The highest BCUT2D eigenvalue weighted by Crippen LogP contribution is 2.69. The quantitative estimate of drug-likeness (QED) is 0.550. The molecule has 0 bridgehead atoms. The molecule has 2 heterocycles. The van der Waals surface area contributed by atoms with Gasteiger partial charge in [-0.2, -0.15) is 0 Å². The molecule has 0 radical (unpaired) electrons. The molecule has 6 nitrogen and oxygen atoms in total. The average Bonchev–Trinajstić information content (AvgIpc) is 3.54. The third-order valence-electron chi connectivity index (χ3n) is 11.7. The molecule has 34 heavy (non-hydrogen) atoms. The van der Waals surface area contributed by atoms with Crippen molar-refractivity contribution in [3.63, 3.8) is 0 Å². The molecule has 6 heteroatoms. The smallest absolute Gasteiger partial charge is 0.331 e. The second-order valence-corrected chi connectivity index (χ2v) is 12.9. The van der Waals surface area contributed by atoms with E-state index >= 15 is 0 Å². The number of carbonyl (C=O) groups is 2. The lowest BCUT2D eigenvalue weighted by molar-refractivity contribution is -0.205. The molecule has 4 aliphatic carbocycles. The third kappa shape index (κ3) is 3.27. The Morgan fingerprint density at radius 2 is 1.94 bits per heavy atom. The van der Waals surface area contributed by atoms with Gasteiger partial charge >= 0.3 is 5.97 Å². The fourth-order valence-electron chi connectivity index (χ4n) is 9.75. The molecular formula is C28H42N2O4. The first-order chi connectivity index (χ1) is 16.2. The minimum absolute atomic E-state index is 0.000281. The molecule has 0 aromatic carbocycles. The van der Waals surface area contributed by atoms with Gasteiger partial charge in [-0.3, -0.25) is 4.79 Å². The van der Waals surface area contributed by atoms with Crippen LogP contribution in [0.5, 0.6) is 0 Å². The molecule has 188 valence electrons. The van der Waals surface area contributed by atoms with Crippen LogP contribution in [-0.4, -0.2) is 47.8 Å². The van der Waals surface area contributed by atoms with Gasteiger partial charge in [-0.25, -0.2) is 4.79 Å². The first-order valence-electron chi connectivity index (χ1n) is 13.9. The summed E-state index contributed by atoms with van der Waals surface area (Å²) in [6.45, 7) is 6.15. The first-order valence-corrected chi connectivity index (χ1v) is 13.9. The van der Waals surface area contributed by atoms with Crippen LogP contribution in [0.1, 0.15) is 84.5 Å². The van der Waals surface area contributed by atoms with E-state index in [0.29, 0.717) is 30.4 Å². The number of ether oxygens (including phenoxy) is 1. The Bertz CT molecular complexity index is 897. The maximum Gasteiger partial charge on any atom is 0.331 e. The van der Waals surface area contributed by atoms with Gasteiger partial charge in [0.25, 0.3) is 0 Å². The number of fused-ring (bicyclic) bond motifs is 5. The Morgan fingerprint density at radius 1 is 1.09 bits per heavy atom. The zero-order chi connectivity index (χ0) is 23.7. The number of hydrogen-bond donors (Lipinski definition) is 3. The standard InChI is InChI=1S/C28H42N2O4/c1-26-10-7-19(30-25(32)23-4-3-13-29-23)15-18(26)5-6-22-21(26)8-11-27(2)20(9-12-28(22,27)33)17-14-24(31)34-16-17/h14,18-23,29,33H,3-13,15-16H2,1-2H3,(H,30,32)/t18-,19+,20-,21+,22-,23-,26+,27-,28+/m1/s1. The molecule has 1 amide bonds. The van der Waals surface area contributed by atoms with Crippen LogP contribution in [0.25, 0.3) is 0 Å². The van der Waals surface area contributed by atoms with Crippen molar-refractivity contribution in [2.24, 2.45) is 34.5 Å². The molecule has 6 rings (SSSR count). The van der Waals surface area contributed by atoms with Crippen LogP contribution in [-0.2, 0) is 14.3 Å². The molecular weight excluding hydrogens is 428 g/mol. The summed E-state index contributed by atoms with van der Waals surface area (Å²) in [6, 6.07) is 0.296. The number of nitrogens with one attached hydrogen (secondary N) is 2. The van der Waals surface area contributed by atoms with E-state index in [1.165, 1.54) is 0 Å². The molecule has 4 saturated carbocycles. The summed E-state index contributed by atoms with van der Waals surface area (Å²) in [5.74, 6) is 1.74. The SMILES string of the molecule is C[C@]12CC[C@H](NC(=O)[C@H]3CCCN3)C[C@H]1CC[C@@H]1[C@@H]2CC[C@]2(C)[C@@H](C3=CC(=O)OC3)CC[C@]12O. The summed E-state index contributed by atoms with van der Waals surface area (Å²) >= 11 is 0. The van der Waals surface area contributed by atoms with E-state index in [1.54, 1.807) is 6.08 Å². The van der Waals surface area contributed by atoms with Crippen LogP contribution < -0.4 is 10.6 Å². The number of aliphatic hydroxyl groups is 1. The van der Waals surface area contributed by atoms with Crippen LogP contribution in [0.3, 0.4) is 0 Å². The molecule has 3 N–H and O–H groups in total. The molecule has 1 saturated heterocycles. The third-order valence-corrected chi connectivity index (χ3v) is 11.7. The minimum Gasteiger partial charge on any atom is -0.458 e. The van der Waals surface area contributed by atoms with Gasteiger partial charge in [-0.15, -0.1) is 0 Å². The highest BCUT2D eigenvalue weighted by molar-refractivity contribution is 5.85. The van der Waals surface area contributed by atoms with E-state index < -0.39 is 5.60 Å². The predicted molar refractivity (Wildman–Crippen MR) is 129 cm³/mol. The van der Waals surface area contributed by atoms with Crippen molar-refractivity contribution in [2.45, 2.75) is 102 Å². The Kier molecular flexibility index (Phi) is 5.46. The second kappa shape index (κ2) is 8.06. The van der Waals surface area contributed by atoms with Crippen LogP contribution >= 0.6 is 0 Å². The van der Waals surface area contributed by atoms with Gasteiger partial charge in [-0.1, -0.05) is 13.8 Å². The molecule has 5 fully saturated rings. The summed E-state index contributed by atoms with van der Waals surface area (Å²) in [6.07, 6.45) is 13.3. The van der Waals surface area contributed by atoms with E-state index in [1.807, 2.05) is 0 Å². The van der Waals surface area contributed by atoms with Gasteiger partial charge in [-0.05, 0) is 112 Å². The number of carbonyl (C=O) groups excluding carboxylic acids is 2. The van der Waals surface area contributed by atoms with Gasteiger partial charge in [0, 0.05) is 17.5 Å². The Morgan fingerprint density at radius 3 is 2.68 bits per heavy atom. The molecule has 2 aliphatic heterocycles. The molecule has 0 aromatic rings. The molecule has 0 spiro atoms. The molecule has 0 unspecified atom stereocenters. The largest absolute Gasteiger partial charge is 0.458 e. The van der Waals surface area contributed by atoms with Gasteiger partial charge < -0.3 is 20.5 Å². The summed E-state index contributed by atoms with van der Waals surface area (Å²) in [5, 5.41) is 19.1. The molecule has 0 aromatic heterocycles. The fourth-order valence-corrected chi connectivity index (χ4v) is 9.75. The van der Waals surface area contributed by atoms with Crippen molar-refractivity contribution in [1.29, 1.82) is 0 Å². The zero-order valence-corrected chi connectivity index (χ0v) is 20.9. The van der Waals surface area contributed by atoms with Gasteiger partial charge in [0.15, 0.2) is 0 Å². The highest BCUT2D eigenvalue weighted by Gasteiger charge is 2.67. The highest BCUT2D eigenvalue weighted by atomic mass is 16.5. The van der Waals surface area contributed by atoms with E-state index in [9.17, 15) is 14.7 Å². The lowest BCUT2D eigenvalue weighted by Gasteiger charge is -2.64. The van der Waals surface area contributed by atoms with E-state index in [4.69, 9.17) is 4.74 Å². The summed E-state index contributed by atoms with van der Waals surface area (Å²) in [7, 11) is 0. The van der Waals surface area contributed by atoms with Gasteiger partial charge in [0.1, 0.15) is 6.61 Å². The zero-order valence-electron chi connectivity index (χ0n) is 20.9. The lowest BCUT2D eigenvalue weighted by Crippen LogP contribution is -2.63. The summed E-state index contributed by atoms with van der Waals surface area (Å²) < 4.78 is 5.25. The minimum atomic E-state index is -0.653. The van der Waals surface area contributed by atoms with Crippen LogP contribution in [0.2, 0.25) is 0 Å². The van der Waals surface area contributed by atoms with Crippen molar-refractivity contribution in [3.8, 4) is 0 Å². The van der Waals surface area contributed by atoms with E-state index in [2.05, 4.69) is 24.5 Å². The van der Waals surface area contributed by atoms with Gasteiger partial charge in [0.05, 0.1) is 11.6 Å². The summed E-state index contributed by atoms with van der Waals surface area (Å²) in [5.41, 5.74) is 0.530. The van der Waals surface area contributed by atoms with Crippen LogP contribution in [0.4, 0.5) is 0 Å². The first kappa shape index (κ1) is 23.0. The van der Waals surface area contributed by atoms with Crippen LogP contribution in [0, 0.1) is 34.5 Å². The Hall–Kier alpha value is -1.40. The average molecular weight is 471 g/mol. The summed E-state index contributed by atoms with van der Waals surface area (Å²) in [4.78, 5) is 24.5. The molecule has 9 atom stereocenters. The Labute approximate surface area is 203 Å². The molecule has 6 aliphatic rings. The van der Waals surface area contributed by atoms with Gasteiger partial charge in [0.2, 0.25) is 5.91 Å². The number of esters is 1.